The first-order chi connectivity index (χ1) is 2.56. The van der Waals surface area contributed by atoms with Crippen LogP contribution < -0.4 is 3.75 Å². The van der Waals surface area contributed by atoms with Gasteiger partial charge in [-0.3, -0.25) is 0 Å². The molecule has 0 rings (SSSR count). The minimum Gasteiger partial charge on any atom is -0.212 e. The smallest absolute Gasteiger partial charge is 0.212 e. The first-order valence-corrected chi connectivity index (χ1v) is 3.82. The lowest BCUT2D eigenvalue weighted by Gasteiger charge is -1.82. The fourth-order valence-electron chi connectivity index (χ4n) is 0. The number of halogens is 1. The van der Waals surface area contributed by atoms with Crippen LogP contribution in [0.5, 0.6) is 0 Å². The summed E-state index contributed by atoms with van der Waals surface area (Å²) < 4.78 is 21.6. The normalized spacial score (nSPS) is 11.7. The Bertz CT molecular complexity index is 116. The van der Waals surface area contributed by atoms with Gasteiger partial charge in [-0.25, -0.2) is 8.42 Å². The molecule has 0 aromatic carbocycles. The summed E-state index contributed by atoms with van der Waals surface area (Å²) in [5.74, 6) is 0. The maximum absolute atomic E-state index is 9.84. The topological polar surface area (TPSA) is 46.2 Å². The molecule has 3 nitrogen and oxygen atoms in total. The zero-order valence-electron chi connectivity index (χ0n) is 3.10. The van der Waals surface area contributed by atoms with Gasteiger partial charge in [-0.05, 0) is 0 Å². The van der Waals surface area contributed by atoms with E-state index >= 15 is 0 Å². The highest BCUT2D eigenvalue weighted by Gasteiger charge is 1.90. The Hall–Kier alpha value is 0.390. The molecule has 0 aromatic rings. The fraction of sp³-hybridized carbons (Fsp3) is 1.00. The van der Waals surface area contributed by atoms with Gasteiger partial charge in [0.05, 0.1) is 6.26 Å². The van der Waals surface area contributed by atoms with E-state index in [1.54, 1.807) is 0 Å². The number of hydrogen-bond acceptors (Lipinski definition) is 2. The van der Waals surface area contributed by atoms with Crippen molar-refractivity contribution in [1.29, 1.82) is 0 Å². The van der Waals surface area contributed by atoms with Crippen molar-refractivity contribution < 1.29 is 8.42 Å². The van der Waals surface area contributed by atoms with Crippen LogP contribution in [0.4, 0.5) is 0 Å². The van der Waals surface area contributed by atoms with Crippen molar-refractivity contribution in [3.8, 4) is 0 Å². The molecule has 0 spiro atoms. The predicted molar refractivity (Wildman–Crippen MR) is 26.9 cm³/mol. The fourth-order valence-corrected chi connectivity index (χ4v) is 0. The molecule has 0 atom stereocenters. The SMILES string of the molecule is CS(=O)(=O)NBr. The molecular weight excluding hydrogens is 170 g/mol. The molecule has 0 radical (unpaired) electrons. The van der Waals surface area contributed by atoms with Gasteiger partial charge in [-0.2, -0.15) is 3.75 Å². The molecule has 0 saturated heterocycles. The van der Waals surface area contributed by atoms with Crippen molar-refractivity contribution in [3.63, 3.8) is 0 Å². The van der Waals surface area contributed by atoms with Crippen LogP contribution in [-0.4, -0.2) is 14.7 Å². The van der Waals surface area contributed by atoms with Crippen molar-refractivity contribution in [2.45, 2.75) is 0 Å². The molecule has 0 aliphatic carbocycles. The molecule has 0 unspecified atom stereocenters. The van der Waals surface area contributed by atoms with E-state index in [1.807, 2.05) is 3.75 Å². The molecule has 0 aliphatic rings. The van der Waals surface area contributed by atoms with E-state index in [1.165, 1.54) is 0 Å². The molecule has 5 heteroatoms. The summed E-state index contributed by atoms with van der Waals surface area (Å²) in [7, 11) is -3.00. The first-order valence-electron chi connectivity index (χ1n) is 1.13. The molecule has 0 amide bonds. The quantitative estimate of drug-likeness (QED) is 0.561. The van der Waals surface area contributed by atoms with E-state index in [2.05, 4.69) is 16.1 Å². The van der Waals surface area contributed by atoms with E-state index in [9.17, 15) is 8.42 Å². The lowest BCUT2D eigenvalue weighted by Crippen LogP contribution is -2.08. The monoisotopic (exact) mass is 173 g/mol. The van der Waals surface area contributed by atoms with Crippen LogP contribution >= 0.6 is 16.1 Å². The van der Waals surface area contributed by atoms with Crippen LogP contribution in [0.3, 0.4) is 0 Å². The van der Waals surface area contributed by atoms with Crippen molar-refractivity contribution in [2.75, 3.05) is 6.26 Å². The lowest BCUT2D eigenvalue weighted by molar-refractivity contribution is 0.601. The largest absolute Gasteiger partial charge is 0.218 e. The third-order valence-electron chi connectivity index (χ3n) is 0.140. The average molecular weight is 174 g/mol. The molecule has 0 aliphatic heterocycles. The van der Waals surface area contributed by atoms with Crippen molar-refractivity contribution in [1.82, 2.24) is 3.75 Å². The van der Waals surface area contributed by atoms with Gasteiger partial charge in [-0.15, -0.1) is 0 Å². The molecule has 38 valence electrons. The second-order valence-electron chi connectivity index (χ2n) is 0.849. The predicted octanol–water partition coefficient (Wildman–Crippen LogP) is -0.154. The van der Waals surface area contributed by atoms with Gasteiger partial charge in [0.25, 0.3) is 0 Å². The van der Waals surface area contributed by atoms with Gasteiger partial charge in [0.15, 0.2) is 0 Å². The Labute approximate surface area is 45.1 Å². The molecule has 0 fully saturated rings. The first kappa shape index (κ1) is 6.39. The number of nitrogens with one attached hydrogen (secondary N) is 1. The number of hydrogen-bond donors (Lipinski definition) is 1. The molecule has 0 bridgehead atoms. The highest BCUT2D eigenvalue weighted by Crippen LogP contribution is 1.74. The Balaban J connectivity index is 3.85. The van der Waals surface area contributed by atoms with Crippen molar-refractivity contribution in [3.05, 3.63) is 0 Å². The molecule has 0 heterocycles. The van der Waals surface area contributed by atoms with Gasteiger partial charge >= 0.3 is 0 Å². The minimum atomic E-state index is -3.00. The van der Waals surface area contributed by atoms with Crippen LogP contribution in [0.1, 0.15) is 0 Å². The van der Waals surface area contributed by atoms with Crippen LogP contribution in [-0.2, 0) is 10.0 Å². The Kier molecular flexibility index (Phi) is 2.03. The molecular formula is CH4BrNO2S. The zero-order valence-corrected chi connectivity index (χ0v) is 5.51. The summed E-state index contributed by atoms with van der Waals surface area (Å²) >= 11 is 2.53. The lowest BCUT2D eigenvalue weighted by atomic mass is 12.0. The summed E-state index contributed by atoms with van der Waals surface area (Å²) in [6, 6.07) is 0. The highest BCUT2D eigenvalue weighted by molar-refractivity contribution is 9.09. The molecule has 0 saturated carbocycles. The minimum absolute atomic E-state index is 1.06. The zero-order chi connectivity index (χ0) is 5.21. The number of sulfonamides is 1. The van der Waals surface area contributed by atoms with Gasteiger partial charge in [-0.1, -0.05) is 0 Å². The van der Waals surface area contributed by atoms with Crippen molar-refractivity contribution >= 4 is 26.2 Å². The van der Waals surface area contributed by atoms with Crippen LogP contribution in [0.25, 0.3) is 0 Å². The third kappa shape index (κ3) is 4.39. The summed E-state index contributed by atoms with van der Waals surface area (Å²) in [4.78, 5) is 0. The van der Waals surface area contributed by atoms with Gasteiger partial charge < -0.3 is 0 Å². The van der Waals surface area contributed by atoms with Gasteiger partial charge in [0.2, 0.25) is 10.0 Å². The Morgan fingerprint density at radius 1 is 1.67 bits per heavy atom. The van der Waals surface area contributed by atoms with Gasteiger partial charge in [0, 0.05) is 16.1 Å². The van der Waals surface area contributed by atoms with E-state index < -0.39 is 10.0 Å². The molecule has 0 aromatic heterocycles. The van der Waals surface area contributed by atoms with E-state index in [-0.39, 0.29) is 0 Å². The highest BCUT2D eigenvalue weighted by atomic mass is 79.9. The van der Waals surface area contributed by atoms with Gasteiger partial charge in [0.1, 0.15) is 0 Å². The summed E-state index contributed by atoms with van der Waals surface area (Å²) in [5.41, 5.74) is 0. The van der Waals surface area contributed by atoms with Crippen molar-refractivity contribution in [2.24, 2.45) is 0 Å². The van der Waals surface area contributed by atoms with Crippen LogP contribution in [0.15, 0.2) is 0 Å². The summed E-state index contributed by atoms with van der Waals surface area (Å²) in [5, 5.41) is 0. The van der Waals surface area contributed by atoms with E-state index in [4.69, 9.17) is 0 Å². The Morgan fingerprint density at radius 3 is 1.83 bits per heavy atom. The maximum atomic E-state index is 9.84. The average Bonchev–Trinajstić information content (AvgIpc) is 1.35. The summed E-state index contributed by atoms with van der Waals surface area (Å²) in [6.07, 6.45) is 1.06. The standard InChI is InChI=1S/CH4BrNO2S/c1-6(4,5)3-2/h3H,1H3. The molecule has 1 N–H and O–H groups in total. The third-order valence-corrected chi connectivity index (χ3v) is 2.18. The van der Waals surface area contributed by atoms with Crippen LogP contribution in [0, 0.1) is 0 Å². The Morgan fingerprint density at radius 2 is 1.83 bits per heavy atom. The van der Waals surface area contributed by atoms with Crippen LogP contribution in [0.2, 0.25) is 0 Å². The van der Waals surface area contributed by atoms with E-state index in [0.29, 0.717) is 0 Å². The second-order valence-corrected chi connectivity index (χ2v) is 3.52. The maximum Gasteiger partial charge on any atom is 0.218 e. The molecule has 6 heavy (non-hydrogen) atoms. The summed E-state index contributed by atoms with van der Waals surface area (Å²) in [6.45, 7) is 0. The van der Waals surface area contributed by atoms with E-state index in [0.717, 1.165) is 6.26 Å². The second kappa shape index (κ2) is 1.90. The number of rotatable bonds is 1.